The van der Waals surface area contributed by atoms with Crippen molar-refractivity contribution in [1.82, 2.24) is 15.0 Å². The molecule has 0 atom stereocenters. The maximum absolute atomic E-state index is 13.6. The first-order valence-electron chi connectivity index (χ1n) is 6.60. The van der Waals surface area contributed by atoms with Crippen LogP contribution in [0.3, 0.4) is 0 Å². The molecule has 0 saturated carbocycles. The molecule has 3 heterocycles. The van der Waals surface area contributed by atoms with Crippen LogP contribution in [0.1, 0.15) is 0 Å². The lowest BCUT2D eigenvalue weighted by Crippen LogP contribution is -1.87. The van der Waals surface area contributed by atoms with Gasteiger partial charge in [-0.1, -0.05) is 17.7 Å². The molecule has 108 valence electrons. The number of halogens is 2. The van der Waals surface area contributed by atoms with Gasteiger partial charge in [-0.3, -0.25) is 0 Å². The van der Waals surface area contributed by atoms with Crippen LogP contribution in [-0.4, -0.2) is 15.0 Å². The van der Waals surface area contributed by atoms with Crippen molar-refractivity contribution in [3.05, 3.63) is 53.6 Å². The van der Waals surface area contributed by atoms with Gasteiger partial charge in [0.1, 0.15) is 17.3 Å². The van der Waals surface area contributed by atoms with Gasteiger partial charge in [-0.05, 0) is 29.8 Å². The van der Waals surface area contributed by atoms with Crippen LogP contribution in [-0.2, 0) is 0 Å². The van der Waals surface area contributed by atoms with Crippen molar-refractivity contribution in [2.24, 2.45) is 0 Å². The van der Waals surface area contributed by atoms with Gasteiger partial charge in [-0.25, -0.2) is 14.4 Å². The van der Waals surface area contributed by atoms with Gasteiger partial charge in [-0.15, -0.1) is 0 Å². The number of rotatable bonds is 1. The summed E-state index contributed by atoms with van der Waals surface area (Å²) in [4.78, 5) is 11.6. The number of pyridine rings is 2. The van der Waals surface area contributed by atoms with E-state index in [-0.39, 0.29) is 5.02 Å². The summed E-state index contributed by atoms with van der Waals surface area (Å²) in [5.74, 6) is -0.0111. The van der Waals surface area contributed by atoms with Gasteiger partial charge in [0.25, 0.3) is 0 Å². The second-order valence-corrected chi connectivity index (χ2v) is 5.44. The van der Waals surface area contributed by atoms with Gasteiger partial charge in [0, 0.05) is 22.5 Å². The highest BCUT2D eigenvalue weighted by molar-refractivity contribution is 6.30. The molecule has 0 aliphatic carbocycles. The molecule has 0 fully saturated rings. The summed E-state index contributed by atoms with van der Waals surface area (Å²) in [7, 11) is 0. The number of hydrogen-bond acceptors (Lipinski definition) is 3. The van der Waals surface area contributed by atoms with E-state index < -0.39 is 5.82 Å². The van der Waals surface area contributed by atoms with Crippen molar-refractivity contribution in [2.75, 3.05) is 5.73 Å². The second kappa shape index (κ2) is 4.68. The lowest BCUT2D eigenvalue weighted by atomic mass is 10.1. The Morgan fingerprint density at radius 2 is 1.86 bits per heavy atom. The third-order valence-electron chi connectivity index (χ3n) is 3.61. The number of H-pyrrole nitrogens is 1. The minimum atomic E-state index is -0.452. The summed E-state index contributed by atoms with van der Waals surface area (Å²) in [5, 5.41) is 1.95. The molecule has 0 amide bonds. The second-order valence-electron chi connectivity index (χ2n) is 5.03. The van der Waals surface area contributed by atoms with E-state index >= 15 is 0 Å². The normalized spacial score (nSPS) is 11.4. The highest BCUT2D eigenvalue weighted by Crippen LogP contribution is 2.30. The van der Waals surface area contributed by atoms with E-state index in [0.717, 1.165) is 27.5 Å². The molecule has 0 bridgehead atoms. The topological polar surface area (TPSA) is 67.6 Å². The number of nitrogens with zero attached hydrogens (tertiary/aromatic N) is 2. The van der Waals surface area contributed by atoms with Crippen molar-refractivity contribution < 1.29 is 4.39 Å². The number of nitrogens with one attached hydrogen (secondary N) is 1. The summed E-state index contributed by atoms with van der Waals surface area (Å²) in [6.07, 6.45) is 3.37. The lowest BCUT2D eigenvalue weighted by Gasteiger charge is -2.03. The number of nitrogen functional groups attached to an aromatic ring is 1. The summed E-state index contributed by atoms with van der Waals surface area (Å²) in [5.41, 5.74) is 8.86. The molecule has 4 rings (SSSR count). The van der Waals surface area contributed by atoms with Gasteiger partial charge in [0.2, 0.25) is 0 Å². The molecule has 22 heavy (non-hydrogen) atoms. The Kier molecular flexibility index (Phi) is 2.77. The number of aromatic amines is 1. The number of hydrogen-bond donors (Lipinski definition) is 2. The zero-order chi connectivity index (χ0) is 15.3. The van der Waals surface area contributed by atoms with Crippen LogP contribution in [0, 0.1) is 5.82 Å². The Balaban J connectivity index is 1.97. The molecular formula is C16H10ClFN4. The summed E-state index contributed by atoms with van der Waals surface area (Å²) < 4.78 is 13.6. The monoisotopic (exact) mass is 312 g/mol. The molecule has 0 unspecified atom stereocenters. The van der Waals surface area contributed by atoms with Crippen LogP contribution in [0.25, 0.3) is 33.1 Å². The quantitative estimate of drug-likeness (QED) is 0.554. The predicted molar refractivity (Wildman–Crippen MR) is 86.2 cm³/mol. The first-order chi connectivity index (χ1) is 10.6. The Morgan fingerprint density at radius 1 is 1.00 bits per heavy atom. The Morgan fingerprint density at radius 3 is 2.68 bits per heavy atom. The van der Waals surface area contributed by atoms with Crippen molar-refractivity contribution in [2.45, 2.75) is 0 Å². The fourth-order valence-corrected chi connectivity index (χ4v) is 2.64. The molecule has 4 aromatic rings. The van der Waals surface area contributed by atoms with Crippen LogP contribution in [0.2, 0.25) is 5.02 Å². The van der Waals surface area contributed by atoms with Gasteiger partial charge in [0.15, 0.2) is 0 Å². The van der Waals surface area contributed by atoms with E-state index in [1.165, 1.54) is 12.1 Å². The van der Waals surface area contributed by atoms with E-state index in [1.807, 2.05) is 6.07 Å². The van der Waals surface area contributed by atoms with E-state index in [1.54, 1.807) is 24.5 Å². The summed E-state index contributed by atoms with van der Waals surface area (Å²) >= 11 is 5.72. The average Bonchev–Trinajstić information content (AvgIpc) is 2.87. The van der Waals surface area contributed by atoms with Crippen molar-refractivity contribution >= 4 is 39.4 Å². The average molecular weight is 313 g/mol. The molecule has 0 aliphatic rings. The maximum atomic E-state index is 13.6. The van der Waals surface area contributed by atoms with Gasteiger partial charge >= 0.3 is 0 Å². The Bertz CT molecular complexity index is 1030. The minimum Gasteiger partial charge on any atom is -0.384 e. The smallest absolute Gasteiger partial charge is 0.142 e. The van der Waals surface area contributed by atoms with Crippen LogP contribution < -0.4 is 5.73 Å². The van der Waals surface area contributed by atoms with Crippen LogP contribution in [0.4, 0.5) is 10.2 Å². The predicted octanol–water partition coefficient (Wildman–Crippen LogP) is 4.15. The van der Waals surface area contributed by atoms with Crippen LogP contribution in [0.5, 0.6) is 0 Å². The van der Waals surface area contributed by atoms with Crippen LogP contribution >= 0.6 is 11.6 Å². The third kappa shape index (κ3) is 1.98. The standard InChI is InChI=1S/C16H10ClFN4/c17-12-2-1-8(4-13(12)18)9-3-11-10-5-15(19)20-7-14(10)22-16(11)21-6-9/h1-7H,(H2,19,20)(H,21,22). The highest BCUT2D eigenvalue weighted by Gasteiger charge is 2.09. The molecule has 3 aromatic heterocycles. The van der Waals surface area contributed by atoms with E-state index in [0.29, 0.717) is 11.4 Å². The van der Waals surface area contributed by atoms with Gasteiger partial charge < -0.3 is 10.7 Å². The van der Waals surface area contributed by atoms with Crippen molar-refractivity contribution in [3.8, 4) is 11.1 Å². The molecule has 4 nitrogen and oxygen atoms in total. The largest absolute Gasteiger partial charge is 0.384 e. The van der Waals surface area contributed by atoms with Crippen molar-refractivity contribution in [3.63, 3.8) is 0 Å². The van der Waals surface area contributed by atoms with E-state index in [2.05, 4.69) is 15.0 Å². The molecule has 0 saturated heterocycles. The maximum Gasteiger partial charge on any atom is 0.142 e. The molecule has 0 spiro atoms. The molecule has 0 aliphatic heterocycles. The van der Waals surface area contributed by atoms with Crippen molar-refractivity contribution in [1.29, 1.82) is 0 Å². The fraction of sp³-hybridized carbons (Fsp3) is 0. The number of anilines is 1. The number of nitrogens with two attached hydrogens (primary N) is 1. The Labute approximate surface area is 129 Å². The molecule has 1 aromatic carbocycles. The zero-order valence-electron chi connectivity index (χ0n) is 11.3. The minimum absolute atomic E-state index is 0.101. The third-order valence-corrected chi connectivity index (χ3v) is 3.92. The highest BCUT2D eigenvalue weighted by atomic mass is 35.5. The first-order valence-corrected chi connectivity index (χ1v) is 6.98. The van der Waals surface area contributed by atoms with E-state index in [9.17, 15) is 4.39 Å². The zero-order valence-corrected chi connectivity index (χ0v) is 12.0. The Hall–Kier alpha value is -2.66. The van der Waals surface area contributed by atoms with Crippen LogP contribution in [0.15, 0.2) is 42.7 Å². The molecule has 6 heteroatoms. The molecular weight excluding hydrogens is 303 g/mol. The number of fused-ring (bicyclic) bond motifs is 3. The fourth-order valence-electron chi connectivity index (χ4n) is 2.52. The van der Waals surface area contributed by atoms with Gasteiger partial charge in [-0.2, -0.15) is 0 Å². The number of benzene rings is 1. The molecule has 0 radical (unpaired) electrons. The molecule has 3 N–H and O–H groups in total. The summed E-state index contributed by atoms with van der Waals surface area (Å²) in [6.45, 7) is 0. The lowest BCUT2D eigenvalue weighted by molar-refractivity contribution is 0.629. The first kappa shape index (κ1) is 13.0. The van der Waals surface area contributed by atoms with E-state index in [4.69, 9.17) is 17.3 Å². The number of aromatic nitrogens is 3. The summed E-state index contributed by atoms with van der Waals surface area (Å²) in [6, 6.07) is 8.44. The SMILES string of the molecule is Nc1cc2c(cn1)[nH]c1ncc(-c3ccc(Cl)c(F)c3)cc12. The van der Waals surface area contributed by atoms with Gasteiger partial charge in [0.05, 0.1) is 16.7 Å².